The summed E-state index contributed by atoms with van der Waals surface area (Å²) < 4.78 is 2.21. The average Bonchev–Trinajstić information content (AvgIpc) is 2.88. The Balaban J connectivity index is 2.06. The summed E-state index contributed by atoms with van der Waals surface area (Å²) >= 11 is 0. The first-order valence-corrected chi connectivity index (χ1v) is 4.69. The summed E-state index contributed by atoms with van der Waals surface area (Å²) in [6.07, 6.45) is 6.44. The van der Waals surface area contributed by atoms with Gasteiger partial charge < -0.3 is 4.57 Å². The maximum Gasteiger partial charge on any atom is 0.177 e. The molecule has 1 aliphatic rings. The third-order valence-corrected chi connectivity index (χ3v) is 2.55. The Morgan fingerprint density at radius 1 is 1.38 bits per heavy atom. The van der Waals surface area contributed by atoms with Crippen molar-refractivity contribution in [1.82, 2.24) is 14.5 Å². The molecule has 0 bridgehead atoms. The molecule has 2 aromatic heterocycles. The van der Waals surface area contributed by atoms with Crippen molar-refractivity contribution >= 4 is 11.2 Å². The molecule has 0 N–H and O–H groups in total. The van der Waals surface area contributed by atoms with Gasteiger partial charge in [0.2, 0.25) is 0 Å². The lowest BCUT2D eigenvalue weighted by Crippen LogP contribution is -1.97. The summed E-state index contributed by atoms with van der Waals surface area (Å²) in [5.41, 5.74) is 2.03. The second-order valence-electron chi connectivity index (χ2n) is 3.69. The zero-order valence-corrected chi connectivity index (χ0v) is 7.35. The molecule has 0 saturated heterocycles. The van der Waals surface area contributed by atoms with Gasteiger partial charge in [0, 0.05) is 12.7 Å². The van der Waals surface area contributed by atoms with E-state index in [9.17, 15) is 0 Å². The molecule has 0 radical (unpaired) electrons. The van der Waals surface area contributed by atoms with Gasteiger partial charge in [0.1, 0.15) is 0 Å². The van der Waals surface area contributed by atoms with E-state index in [1.54, 1.807) is 6.20 Å². The van der Waals surface area contributed by atoms with Gasteiger partial charge in [0.25, 0.3) is 0 Å². The summed E-state index contributed by atoms with van der Waals surface area (Å²) in [5.74, 6) is 0.887. The van der Waals surface area contributed by atoms with Gasteiger partial charge in [-0.3, -0.25) is 0 Å². The highest BCUT2D eigenvalue weighted by Crippen LogP contribution is 2.31. The summed E-state index contributed by atoms with van der Waals surface area (Å²) in [6.45, 7) is 1.11. The summed E-state index contributed by atoms with van der Waals surface area (Å²) in [7, 11) is 0. The van der Waals surface area contributed by atoms with E-state index in [0.717, 1.165) is 23.6 Å². The van der Waals surface area contributed by atoms with Crippen LogP contribution in [0.4, 0.5) is 0 Å². The van der Waals surface area contributed by atoms with Crippen LogP contribution in [0, 0.1) is 5.92 Å². The van der Waals surface area contributed by atoms with Crippen molar-refractivity contribution in [3.05, 3.63) is 24.7 Å². The van der Waals surface area contributed by atoms with Crippen LogP contribution in [0.15, 0.2) is 24.7 Å². The zero-order valence-electron chi connectivity index (χ0n) is 7.35. The summed E-state index contributed by atoms with van der Waals surface area (Å²) in [4.78, 5) is 8.45. The third-order valence-electron chi connectivity index (χ3n) is 2.55. The van der Waals surface area contributed by atoms with Crippen LogP contribution < -0.4 is 0 Å². The fourth-order valence-electron chi connectivity index (χ4n) is 1.62. The molecule has 0 aromatic carbocycles. The standard InChI is InChI=1S/C10H11N3/c1-2-9-10(11-5-1)12-7-13(9)6-8-3-4-8/h1-2,5,7-8H,3-4,6H2. The van der Waals surface area contributed by atoms with Crippen LogP contribution in [-0.2, 0) is 6.54 Å². The van der Waals surface area contributed by atoms with Crippen LogP contribution in [0.25, 0.3) is 11.2 Å². The fraction of sp³-hybridized carbons (Fsp3) is 0.400. The van der Waals surface area contributed by atoms with E-state index in [-0.39, 0.29) is 0 Å². The molecule has 1 saturated carbocycles. The Hall–Kier alpha value is -1.38. The Kier molecular flexibility index (Phi) is 1.39. The zero-order chi connectivity index (χ0) is 8.67. The third kappa shape index (κ3) is 1.20. The lowest BCUT2D eigenvalue weighted by Gasteiger charge is -2.00. The highest BCUT2D eigenvalue weighted by atomic mass is 15.1. The van der Waals surface area contributed by atoms with E-state index < -0.39 is 0 Å². The molecule has 0 unspecified atom stereocenters. The van der Waals surface area contributed by atoms with E-state index in [1.165, 1.54) is 12.8 Å². The molecule has 3 heteroatoms. The minimum atomic E-state index is 0.864. The van der Waals surface area contributed by atoms with Crippen LogP contribution in [-0.4, -0.2) is 14.5 Å². The predicted molar refractivity (Wildman–Crippen MR) is 50.3 cm³/mol. The number of nitrogens with zero attached hydrogens (tertiary/aromatic N) is 3. The van der Waals surface area contributed by atoms with Crippen molar-refractivity contribution in [3.8, 4) is 0 Å². The maximum atomic E-state index is 4.25. The van der Waals surface area contributed by atoms with Gasteiger partial charge in [0.05, 0.1) is 11.8 Å². The van der Waals surface area contributed by atoms with Crippen molar-refractivity contribution in [3.63, 3.8) is 0 Å². The number of pyridine rings is 1. The Labute approximate surface area is 76.4 Å². The van der Waals surface area contributed by atoms with E-state index in [4.69, 9.17) is 0 Å². The quantitative estimate of drug-likeness (QED) is 0.693. The monoisotopic (exact) mass is 173 g/mol. The number of fused-ring (bicyclic) bond motifs is 1. The SMILES string of the molecule is c1cnc2ncn(CC3CC3)c2c1. The molecule has 2 heterocycles. The molecule has 66 valence electrons. The van der Waals surface area contributed by atoms with Crippen molar-refractivity contribution in [2.75, 3.05) is 0 Å². The Bertz CT molecular complexity index is 428. The van der Waals surface area contributed by atoms with Crippen LogP contribution in [0.1, 0.15) is 12.8 Å². The van der Waals surface area contributed by atoms with Gasteiger partial charge in [-0.2, -0.15) is 0 Å². The van der Waals surface area contributed by atoms with Crippen LogP contribution in [0.2, 0.25) is 0 Å². The Morgan fingerprint density at radius 2 is 2.31 bits per heavy atom. The van der Waals surface area contributed by atoms with Gasteiger partial charge in [-0.25, -0.2) is 9.97 Å². The van der Waals surface area contributed by atoms with E-state index in [0.29, 0.717) is 0 Å². The second-order valence-corrected chi connectivity index (χ2v) is 3.69. The van der Waals surface area contributed by atoms with Gasteiger partial charge in [0.15, 0.2) is 5.65 Å². The average molecular weight is 173 g/mol. The minimum Gasteiger partial charge on any atom is -0.329 e. The lowest BCUT2D eigenvalue weighted by atomic mass is 10.4. The summed E-state index contributed by atoms with van der Waals surface area (Å²) in [5, 5.41) is 0. The van der Waals surface area contributed by atoms with Crippen molar-refractivity contribution < 1.29 is 0 Å². The second kappa shape index (κ2) is 2.55. The first-order valence-electron chi connectivity index (χ1n) is 4.69. The molecule has 3 rings (SSSR count). The highest BCUT2D eigenvalue weighted by Gasteiger charge is 2.22. The first kappa shape index (κ1) is 7.06. The number of aromatic nitrogens is 3. The number of rotatable bonds is 2. The first-order chi connectivity index (χ1) is 6.43. The molecule has 3 nitrogen and oxygen atoms in total. The molecule has 0 aliphatic heterocycles. The van der Waals surface area contributed by atoms with E-state index in [1.807, 2.05) is 12.4 Å². The van der Waals surface area contributed by atoms with Gasteiger partial charge in [-0.05, 0) is 30.9 Å². The van der Waals surface area contributed by atoms with Crippen LogP contribution in [0.3, 0.4) is 0 Å². The summed E-state index contributed by atoms with van der Waals surface area (Å²) in [6, 6.07) is 4.05. The van der Waals surface area contributed by atoms with Gasteiger partial charge in [-0.15, -0.1) is 0 Å². The fourth-order valence-corrected chi connectivity index (χ4v) is 1.62. The van der Waals surface area contributed by atoms with Crippen LogP contribution >= 0.6 is 0 Å². The number of hydrogen-bond acceptors (Lipinski definition) is 2. The van der Waals surface area contributed by atoms with E-state index >= 15 is 0 Å². The molecule has 1 aliphatic carbocycles. The molecule has 2 aromatic rings. The molecular formula is C10H11N3. The number of imidazole rings is 1. The van der Waals surface area contributed by atoms with Gasteiger partial charge in [-0.1, -0.05) is 0 Å². The van der Waals surface area contributed by atoms with E-state index in [2.05, 4.69) is 20.6 Å². The largest absolute Gasteiger partial charge is 0.329 e. The maximum absolute atomic E-state index is 4.25. The van der Waals surface area contributed by atoms with Gasteiger partial charge >= 0.3 is 0 Å². The molecule has 0 amide bonds. The predicted octanol–water partition coefficient (Wildman–Crippen LogP) is 1.84. The normalized spacial score (nSPS) is 16.6. The molecule has 0 atom stereocenters. The lowest BCUT2D eigenvalue weighted by molar-refractivity contribution is 0.642. The Morgan fingerprint density at radius 3 is 3.15 bits per heavy atom. The molecule has 13 heavy (non-hydrogen) atoms. The minimum absolute atomic E-state index is 0.864. The smallest absolute Gasteiger partial charge is 0.177 e. The molecular weight excluding hydrogens is 162 g/mol. The van der Waals surface area contributed by atoms with Crippen molar-refractivity contribution in [1.29, 1.82) is 0 Å². The molecule has 1 fully saturated rings. The van der Waals surface area contributed by atoms with Crippen molar-refractivity contribution in [2.24, 2.45) is 5.92 Å². The topological polar surface area (TPSA) is 30.7 Å². The molecule has 0 spiro atoms. The van der Waals surface area contributed by atoms with Crippen molar-refractivity contribution in [2.45, 2.75) is 19.4 Å². The number of hydrogen-bond donors (Lipinski definition) is 0. The van der Waals surface area contributed by atoms with Crippen LogP contribution in [0.5, 0.6) is 0 Å². The highest BCUT2D eigenvalue weighted by molar-refractivity contribution is 5.70.